The van der Waals surface area contributed by atoms with E-state index in [2.05, 4.69) is 15.6 Å². The summed E-state index contributed by atoms with van der Waals surface area (Å²) in [7, 11) is 0. The molecule has 3 aliphatic rings. The van der Waals surface area contributed by atoms with E-state index in [0.29, 0.717) is 19.0 Å². The van der Waals surface area contributed by atoms with Crippen molar-refractivity contribution in [3.05, 3.63) is 42.2 Å². The van der Waals surface area contributed by atoms with Crippen LogP contribution in [0.3, 0.4) is 0 Å². The van der Waals surface area contributed by atoms with Crippen molar-refractivity contribution in [1.82, 2.24) is 20.3 Å². The van der Waals surface area contributed by atoms with Crippen LogP contribution in [0.1, 0.15) is 43.8 Å². The number of carbonyl (C=O) groups is 1. The van der Waals surface area contributed by atoms with Crippen LogP contribution in [0.5, 0.6) is 5.75 Å². The van der Waals surface area contributed by atoms with E-state index in [4.69, 9.17) is 14.2 Å². The molecule has 0 bridgehead atoms. The minimum absolute atomic E-state index is 0.0138. The fraction of sp³-hybridized carbons (Fsp3) is 0.609. The lowest BCUT2D eigenvalue weighted by atomic mass is 9.86. The predicted octanol–water partition coefficient (Wildman–Crippen LogP) is 2.30. The normalized spacial score (nSPS) is 28.4. The summed E-state index contributed by atoms with van der Waals surface area (Å²) in [5.74, 6) is 1.22. The summed E-state index contributed by atoms with van der Waals surface area (Å²) < 4.78 is 19.4. The average molecular weight is 427 g/mol. The zero-order valence-corrected chi connectivity index (χ0v) is 17.7. The number of benzene rings is 1. The molecule has 1 amide bonds. The third-order valence-electron chi connectivity index (χ3n) is 6.61. The minimum Gasteiger partial charge on any atom is -0.484 e. The molecule has 2 aliphatic heterocycles. The van der Waals surface area contributed by atoms with Crippen molar-refractivity contribution in [2.45, 2.75) is 62.8 Å². The number of carbonyl (C=O) groups excluding carboxylic acids is 1. The van der Waals surface area contributed by atoms with Gasteiger partial charge in [0.05, 0.1) is 24.9 Å². The monoisotopic (exact) mass is 426 g/mol. The maximum atomic E-state index is 12.3. The van der Waals surface area contributed by atoms with Gasteiger partial charge in [0, 0.05) is 6.20 Å². The van der Waals surface area contributed by atoms with Crippen molar-refractivity contribution in [2.24, 2.45) is 5.92 Å². The number of ether oxygens (including phenoxy) is 3. The molecule has 4 unspecified atom stereocenters. The molecule has 4 atom stereocenters. The number of rotatable bonds is 7. The maximum absolute atomic E-state index is 12.3. The molecule has 1 aliphatic carbocycles. The quantitative estimate of drug-likeness (QED) is 0.731. The van der Waals surface area contributed by atoms with Crippen LogP contribution in [0.4, 0.5) is 0 Å². The Labute approximate surface area is 182 Å². The molecule has 0 spiro atoms. The van der Waals surface area contributed by atoms with Crippen molar-refractivity contribution in [1.29, 1.82) is 0 Å². The van der Waals surface area contributed by atoms with Crippen molar-refractivity contribution in [3.63, 3.8) is 0 Å². The number of nitrogens with zero attached hydrogens (tertiary/aromatic N) is 3. The van der Waals surface area contributed by atoms with E-state index >= 15 is 0 Å². The summed E-state index contributed by atoms with van der Waals surface area (Å²) in [4.78, 5) is 12.3. The largest absolute Gasteiger partial charge is 0.484 e. The second kappa shape index (κ2) is 9.36. The first kappa shape index (κ1) is 20.5. The summed E-state index contributed by atoms with van der Waals surface area (Å²) in [6.45, 7) is 0.899. The molecule has 1 saturated carbocycles. The van der Waals surface area contributed by atoms with Crippen LogP contribution in [-0.2, 0) is 20.7 Å². The number of fused-ring (bicyclic) bond motifs is 1. The summed E-state index contributed by atoms with van der Waals surface area (Å²) in [5.41, 5.74) is 1.05. The zero-order chi connectivity index (χ0) is 21.0. The number of hydrogen-bond donors (Lipinski definition) is 1. The number of hydrogen-bond acceptors (Lipinski definition) is 6. The highest BCUT2D eigenvalue weighted by molar-refractivity contribution is 5.78. The van der Waals surface area contributed by atoms with Crippen molar-refractivity contribution in [3.8, 4) is 5.75 Å². The van der Waals surface area contributed by atoms with E-state index in [-0.39, 0.29) is 36.8 Å². The molecule has 2 aromatic rings. The first-order valence-electron chi connectivity index (χ1n) is 11.4. The van der Waals surface area contributed by atoms with Crippen LogP contribution in [0.15, 0.2) is 36.5 Å². The van der Waals surface area contributed by atoms with Crippen LogP contribution < -0.4 is 10.1 Å². The molecule has 8 heteroatoms. The zero-order valence-electron chi connectivity index (χ0n) is 17.7. The Balaban J connectivity index is 1.13. The fourth-order valence-electron chi connectivity index (χ4n) is 5.00. The van der Waals surface area contributed by atoms with Crippen molar-refractivity contribution >= 4 is 5.91 Å². The lowest BCUT2D eigenvalue weighted by Crippen LogP contribution is -2.45. The van der Waals surface area contributed by atoms with Gasteiger partial charge in [0.25, 0.3) is 5.91 Å². The van der Waals surface area contributed by atoms with E-state index in [0.717, 1.165) is 18.0 Å². The van der Waals surface area contributed by atoms with E-state index < -0.39 is 0 Å². The second-order valence-electron chi connectivity index (χ2n) is 8.84. The van der Waals surface area contributed by atoms with Gasteiger partial charge in [-0.15, -0.1) is 5.10 Å². The number of amides is 1. The molecule has 5 rings (SSSR count). The third-order valence-corrected chi connectivity index (χ3v) is 6.61. The Morgan fingerprint density at radius 3 is 2.74 bits per heavy atom. The Morgan fingerprint density at radius 1 is 1.10 bits per heavy atom. The molecule has 1 N–H and O–H groups in total. The van der Waals surface area contributed by atoms with Crippen LogP contribution in [0.25, 0.3) is 0 Å². The highest BCUT2D eigenvalue weighted by Crippen LogP contribution is 2.34. The van der Waals surface area contributed by atoms with Gasteiger partial charge < -0.3 is 19.5 Å². The van der Waals surface area contributed by atoms with Crippen molar-refractivity contribution < 1.29 is 19.0 Å². The van der Waals surface area contributed by atoms with Crippen molar-refractivity contribution in [2.75, 3.05) is 19.8 Å². The van der Waals surface area contributed by atoms with Gasteiger partial charge >= 0.3 is 0 Å². The second-order valence-corrected chi connectivity index (χ2v) is 8.84. The average Bonchev–Trinajstić information content (AvgIpc) is 3.52. The smallest absolute Gasteiger partial charge is 0.258 e. The Bertz CT molecular complexity index is 867. The first-order valence-corrected chi connectivity index (χ1v) is 11.4. The molecular formula is C23H30N4O4. The molecule has 31 heavy (non-hydrogen) atoms. The molecule has 2 saturated heterocycles. The molecule has 1 aromatic heterocycles. The van der Waals surface area contributed by atoms with Gasteiger partial charge in [0.2, 0.25) is 0 Å². The van der Waals surface area contributed by atoms with Gasteiger partial charge in [0.1, 0.15) is 24.0 Å². The van der Waals surface area contributed by atoms with Gasteiger partial charge in [-0.1, -0.05) is 55.5 Å². The Kier molecular flexibility index (Phi) is 6.18. The van der Waals surface area contributed by atoms with Crippen LogP contribution in [0, 0.1) is 5.92 Å². The first-order chi connectivity index (χ1) is 15.3. The highest BCUT2D eigenvalue weighted by atomic mass is 16.6. The lowest BCUT2D eigenvalue weighted by molar-refractivity contribution is -0.124. The lowest BCUT2D eigenvalue weighted by Gasteiger charge is -2.20. The molecule has 3 heterocycles. The molecule has 0 radical (unpaired) electrons. The summed E-state index contributed by atoms with van der Waals surface area (Å²) >= 11 is 0. The molecule has 3 fully saturated rings. The standard InChI is InChI=1S/C23H30N4O4/c28-21(15-29-18-9-5-2-6-10-18)24-19-13-30-23-20(14-31-22(19)23)27-12-17(25-26-27)11-16-7-3-1-4-8-16/h2,5-6,9-10,12,16,19-20,22-23H,1,3-4,7-8,11,13-15H2,(H,24,28). The predicted molar refractivity (Wildman–Crippen MR) is 113 cm³/mol. The summed E-state index contributed by atoms with van der Waals surface area (Å²) in [6, 6.07) is 9.11. The maximum Gasteiger partial charge on any atom is 0.258 e. The van der Waals surface area contributed by atoms with Crippen LogP contribution in [-0.4, -0.2) is 59.0 Å². The number of nitrogens with one attached hydrogen (secondary N) is 1. The highest BCUT2D eigenvalue weighted by Gasteiger charge is 2.49. The van der Waals surface area contributed by atoms with Gasteiger partial charge in [0.15, 0.2) is 6.61 Å². The molecular weight excluding hydrogens is 396 g/mol. The molecule has 166 valence electrons. The van der Waals surface area contributed by atoms with E-state index in [1.165, 1.54) is 32.1 Å². The topological polar surface area (TPSA) is 87.5 Å². The van der Waals surface area contributed by atoms with E-state index in [1.54, 1.807) is 0 Å². The van der Waals surface area contributed by atoms with E-state index in [9.17, 15) is 4.79 Å². The summed E-state index contributed by atoms with van der Waals surface area (Å²) in [5, 5.41) is 11.8. The molecule has 1 aromatic carbocycles. The SMILES string of the molecule is O=C(COc1ccccc1)NC1COC2C1OCC2n1cc(CC2CCCCC2)nn1. The van der Waals surface area contributed by atoms with Gasteiger partial charge in [-0.05, 0) is 24.5 Å². The van der Waals surface area contributed by atoms with Crippen LogP contribution >= 0.6 is 0 Å². The third kappa shape index (κ3) is 4.75. The fourth-order valence-corrected chi connectivity index (χ4v) is 5.00. The number of para-hydroxylation sites is 1. The van der Waals surface area contributed by atoms with Gasteiger partial charge in [-0.2, -0.15) is 0 Å². The van der Waals surface area contributed by atoms with Crippen LogP contribution in [0.2, 0.25) is 0 Å². The van der Waals surface area contributed by atoms with Gasteiger partial charge in [-0.25, -0.2) is 4.68 Å². The molecule has 8 nitrogen and oxygen atoms in total. The van der Waals surface area contributed by atoms with Gasteiger partial charge in [-0.3, -0.25) is 4.79 Å². The summed E-state index contributed by atoms with van der Waals surface area (Å²) in [6.07, 6.45) is 9.34. The Hall–Kier alpha value is -2.45. The van der Waals surface area contributed by atoms with E-state index in [1.807, 2.05) is 41.2 Å². The Morgan fingerprint density at radius 2 is 1.90 bits per heavy atom. The minimum atomic E-state index is -0.188. The number of aromatic nitrogens is 3.